The van der Waals surface area contributed by atoms with Crippen LogP contribution < -0.4 is 20.7 Å². The van der Waals surface area contributed by atoms with Crippen molar-refractivity contribution in [2.45, 2.75) is 0 Å². The zero-order valence-electron chi connectivity index (χ0n) is 16.7. The number of nitrogens with zero attached hydrogens (tertiary/aromatic N) is 2. The van der Waals surface area contributed by atoms with Gasteiger partial charge in [0, 0.05) is 35.3 Å². The predicted molar refractivity (Wildman–Crippen MR) is 120 cm³/mol. The summed E-state index contributed by atoms with van der Waals surface area (Å²) in [5.74, 6) is -0.322. The van der Waals surface area contributed by atoms with Crippen LogP contribution in [-0.4, -0.2) is 49.7 Å². The van der Waals surface area contributed by atoms with Crippen molar-refractivity contribution in [1.29, 1.82) is 0 Å². The lowest BCUT2D eigenvalue weighted by molar-refractivity contribution is -0.119. The van der Waals surface area contributed by atoms with Crippen molar-refractivity contribution in [3.63, 3.8) is 0 Å². The fourth-order valence-electron chi connectivity index (χ4n) is 3.08. The molecule has 0 bridgehead atoms. The molecule has 2 amide bonds. The third kappa shape index (κ3) is 5.39. The maximum absolute atomic E-state index is 12.5. The molecule has 0 radical (unpaired) electrons. The molecular weight excluding hydrogens is 416 g/mol. The Balaban J connectivity index is 1.36. The number of carbonyl (C=O) groups excluding carboxylic acids is 2. The van der Waals surface area contributed by atoms with E-state index in [2.05, 4.69) is 10.2 Å². The molecule has 9 heteroatoms. The molecule has 1 saturated heterocycles. The summed E-state index contributed by atoms with van der Waals surface area (Å²) in [6.07, 6.45) is 0. The third-order valence-electron chi connectivity index (χ3n) is 4.71. The molecule has 0 atom stereocenters. The molecule has 3 aromatic rings. The molecule has 4 rings (SSSR count). The number of ether oxygens (including phenoxy) is 2. The molecule has 1 aliphatic rings. The molecule has 8 nitrogen and oxygen atoms in total. The van der Waals surface area contributed by atoms with Crippen LogP contribution in [0.15, 0.2) is 53.9 Å². The Morgan fingerprint density at radius 3 is 2.48 bits per heavy atom. The standard InChI is InChI=1S/C22H22N4O4S/c23-20(27)13-30-18-7-3-16(4-8-18)21(28)24-17-5-1-15(2-6-17)19-14-31-22(25-19)26-9-11-29-12-10-26/h1-8,14H,9-13H2,(H2,23,27)(H,24,28). The quantitative estimate of drug-likeness (QED) is 0.587. The molecule has 1 fully saturated rings. The van der Waals surface area contributed by atoms with E-state index in [1.807, 2.05) is 29.6 Å². The van der Waals surface area contributed by atoms with Crippen molar-refractivity contribution in [2.75, 3.05) is 43.1 Å². The Morgan fingerprint density at radius 2 is 1.81 bits per heavy atom. The largest absolute Gasteiger partial charge is 0.484 e. The van der Waals surface area contributed by atoms with Crippen LogP contribution in [0.25, 0.3) is 11.3 Å². The number of hydrogen-bond acceptors (Lipinski definition) is 7. The summed E-state index contributed by atoms with van der Waals surface area (Å²) >= 11 is 1.62. The van der Waals surface area contributed by atoms with Crippen molar-refractivity contribution in [3.05, 3.63) is 59.5 Å². The second-order valence-electron chi connectivity index (χ2n) is 6.93. The van der Waals surface area contributed by atoms with Gasteiger partial charge in [0.25, 0.3) is 11.8 Å². The average Bonchev–Trinajstić information content (AvgIpc) is 3.29. The van der Waals surface area contributed by atoms with Crippen LogP contribution in [-0.2, 0) is 9.53 Å². The second kappa shape index (κ2) is 9.59. The number of primary amides is 1. The normalized spacial score (nSPS) is 13.6. The maximum atomic E-state index is 12.5. The molecule has 1 aromatic heterocycles. The summed E-state index contributed by atoms with van der Waals surface area (Å²) in [7, 11) is 0. The van der Waals surface area contributed by atoms with Gasteiger partial charge >= 0.3 is 0 Å². The number of nitrogens with two attached hydrogens (primary N) is 1. The van der Waals surface area contributed by atoms with Gasteiger partial charge in [0.15, 0.2) is 11.7 Å². The molecule has 1 aliphatic heterocycles. The van der Waals surface area contributed by atoms with Gasteiger partial charge in [-0.2, -0.15) is 0 Å². The highest BCUT2D eigenvalue weighted by Crippen LogP contribution is 2.28. The van der Waals surface area contributed by atoms with E-state index in [9.17, 15) is 9.59 Å². The maximum Gasteiger partial charge on any atom is 0.255 e. The molecule has 2 heterocycles. The van der Waals surface area contributed by atoms with E-state index in [0.717, 1.165) is 42.7 Å². The van der Waals surface area contributed by atoms with Crippen LogP contribution in [0.2, 0.25) is 0 Å². The summed E-state index contributed by atoms with van der Waals surface area (Å²) in [5, 5.41) is 5.91. The lowest BCUT2D eigenvalue weighted by Gasteiger charge is -2.26. The van der Waals surface area contributed by atoms with E-state index in [1.54, 1.807) is 35.6 Å². The lowest BCUT2D eigenvalue weighted by atomic mass is 10.1. The first-order valence-corrected chi connectivity index (χ1v) is 10.7. The van der Waals surface area contributed by atoms with Crippen molar-refractivity contribution in [1.82, 2.24) is 4.98 Å². The summed E-state index contributed by atoms with van der Waals surface area (Å²) < 4.78 is 10.6. The molecule has 160 valence electrons. The Kier molecular flexibility index (Phi) is 6.44. The number of amides is 2. The Morgan fingerprint density at radius 1 is 1.10 bits per heavy atom. The zero-order chi connectivity index (χ0) is 21.6. The molecule has 0 saturated carbocycles. The molecule has 0 spiro atoms. The molecule has 0 aliphatic carbocycles. The van der Waals surface area contributed by atoms with Crippen molar-refractivity contribution >= 4 is 34.0 Å². The van der Waals surface area contributed by atoms with Crippen molar-refractivity contribution < 1.29 is 19.1 Å². The summed E-state index contributed by atoms with van der Waals surface area (Å²) in [6, 6.07) is 14.1. The van der Waals surface area contributed by atoms with E-state index in [1.165, 1.54) is 0 Å². The van der Waals surface area contributed by atoms with Gasteiger partial charge in [-0.1, -0.05) is 12.1 Å². The number of nitrogens with one attached hydrogen (secondary N) is 1. The fraction of sp³-hybridized carbons (Fsp3) is 0.227. The number of rotatable bonds is 7. The van der Waals surface area contributed by atoms with Gasteiger partial charge < -0.3 is 25.4 Å². The van der Waals surface area contributed by atoms with E-state index >= 15 is 0 Å². The van der Waals surface area contributed by atoms with E-state index in [0.29, 0.717) is 17.0 Å². The molecular formula is C22H22N4O4S. The van der Waals surface area contributed by atoms with Gasteiger partial charge in [-0.25, -0.2) is 4.98 Å². The first kappa shape index (κ1) is 20.8. The monoisotopic (exact) mass is 438 g/mol. The van der Waals surface area contributed by atoms with Gasteiger partial charge in [-0.05, 0) is 36.4 Å². The molecule has 2 aromatic carbocycles. The van der Waals surface area contributed by atoms with Crippen LogP contribution in [0.3, 0.4) is 0 Å². The topological polar surface area (TPSA) is 107 Å². The van der Waals surface area contributed by atoms with E-state index in [4.69, 9.17) is 20.2 Å². The Bertz CT molecular complexity index is 1040. The van der Waals surface area contributed by atoms with E-state index < -0.39 is 5.91 Å². The zero-order valence-corrected chi connectivity index (χ0v) is 17.6. The second-order valence-corrected chi connectivity index (χ2v) is 7.76. The number of anilines is 2. The Labute approximate surface area is 183 Å². The summed E-state index contributed by atoms with van der Waals surface area (Å²) in [6.45, 7) is 2.97. The lowest BCUT2D eigenvalue weighted by Crippen LogP contribution is -2.36. The van der Waals surface area contributed by atoms with Crippen LogP contribution >= 0.6 is 11.3 Å². The highest BCUT2D eigenvalue weighted by atomic mass is 32.1. The minimum Gasteiger partial charge on any atom is -0.484 e. The highest BCUT2D eigenvalue weighted by molar-refractivity contribution is 7.14. The van der Waals surface area contributed by atoms with Gasteiger partial charge in [0.2, 0.25) is 0 Å². The number of carbonyl (C=O) groups is 2. The number of aromatic nitrogens is 1. The highest BCUT2D eigenvalue weighted by Gasteiger charge is 2.15. The average molecular weight is 439 g/mol. The first-order chi connectivity index (χ1) is 15.1. The van der Waals surface area contributed by atoms with Crippen molar-refractivity contribution in [3.8, 4) is 17.0 Å². The number of morpholine rings is 1. The van der Waals surface area contributed by atoms with E-state index in [-0.39, 0.29) is 12.5 Å². The first-order valence-electron chi connectivity index (χ1n) is 9.80. The van der Waals surface area contributed by atoms with Crippen LogP contribution in [0.5, 0.6) is 5.75 Å². The fourth-order valence-corrected chi connectivity index (χ4v) is 3.97. The third-order valence-corrected chi connectivity index (χ3v) is 5.61. The van der Waals surface area contributed by atoms with Crippen LogP contribution in [0.4, 0.5) is 10.8 Å². The number of hydrogen-bond donors (Lipinski definition) is 2. The van der Waals surface area contributed by atoms with Crippen LogP contribution in [0.1, 0.15) is 10.4 Å². The van der Waals surface area contributed by atoms with Crippen molar-refractivity contribution in [2.24, 2.45) is 5.73 Å². The van der Waals surface area contributed by atoms with Gasteiger partial charge in [-0.15, -0.1) is 11.3 Å². The summed E-state index contributed by atoms with van der Waals surface area (Å²) in [5.41, 5.74) is 8.12. The minimum absolute atomic E-state index is 0.204. The SMILES string of the molecule is NC(=O)COc1ccc(C(=O)Nc2ccc(-c3csc(N4CCOCC4)n3)cc2)cc1. The molecule has 3 N–H and O–H groups in total. The van der Waals surface area contributed by atoms with Gasteiger partial charge in [-0.3, -0.25) is 9.59 Å². The van der Waals surface area contributed by atoms with Gasteiger partial charge in [0.05, 0.1) is 18.9 Å². The summed E-state index contributed by atoms with van der Waals surface area (Å²) in [4.78, 5) is 30.2. The molecule has 0 unspecified atom stereocenters. The number of thiazole rings is 1. The molecule has 31 heavy (non-hydrogen) atoms. The van der Waals surface area contributed by atoms with Gasteiger partial charge in [0.1, 0.15) is 5.75 Å². The Hall–Kier alpha value is -3.43. The predicted octanol–water partition coefficient (Wildman–Crippen LogP) is 2.76. The smallest absolute Gasteiger partial charge is 0.255 e. The van der Waals surface area contributed by atoms with Crippen LogP contribution in [0, 0.1) is 0 Å². The minimum atomic E-state index is -0.555. The number of benzene rings is 2.